The van der Waals surface area contributed by atoms with E-state index in [0.717, 1.165) is 44.5 Å². The van der Waals surface area contributed by atoms with Gasteiger partial charge in [0, 0.05) is 19.0 Å². The van der Waals surface area contributed by atoms with E-state index in [1.807, 2.05) is 29.2 Å². The summed E-state index contributed by atoms with van der Waals surface area (Å²) < 4.78 is 5.94. The molecule has 1 aromatic rings. The molecule has 2 aliphatic heterocycles. The van der Waals surface area contributed by atoms with Crippen LogP contribution in [0.4, 0.5) is 5.69 Å². The van der Waals surface area contributed by atoms with Crippen LogP contribution in [0.2, 0.25) is 0 Å². The van der Waals surface area contributed by atoms with Gasteiger partial charge in [0.1, 0.15) is 5.75 Å². The molecule has 0 spiro atoms. The lowest BCUT2D eigenvalue weighted by atomic mass is 10.1. The van der Waals surface area contributed by atoms with E-state index < -0.39 is 6.10 Å². The highest BCUT2D eigenvalue weighted by Gasteiger charge is 2.40. The molecule has 4 rings (SSSR count). The molecule has 0 bridgehead atoms. The van der Waals surface area contributed by atoms with E-state index in [2.05, 4.69) is 0 Å². The minimum absolute atomic E-state index is 0.0211. The number of ether oxygens (including phenoxy) is 1. The number of nitrogens with zero attached hydrogens (tertiary/aromatic N) is 2. The predicted octanol–water partition coefficient (Wildman–Crippen LogP) is 2.20. The van der Waals surface area contributed by atoms with Crippen molar-refractivity contribution < 1.29 is 14.3 Å². The van der Waals surface area contributed by atoms with Gasteiger partial charge in [0.25, 0.3) is 5.91 Å². The Bertz CT molecular complexity index is 620. The average molecular weight is 314 g/mol. The second-order valence-electron chi connectivity index (χ2n) is 6.68. The second-order valence-corrected chi connectivity index (χ2v) is 6.68. The van der Waals surface area contributed by atoms with Crippen LogP contribution < -0.4 is 9.64 Å². The van der Waals surface area contributed by atoms with Gasteiger partial charge in [-0.3, -0.25) is 9.59 Å². The Hall–Kier alpha value is -2.04. The Kier molecular flexibility index (Phi) is 3.71. The van der Waals surface area contributed by atoms with Crippen molar-refractivity contribution in [1.82, 2.24) is 4.90 Å². The fourth-order valence-corrected chi connectivity index (χ4v) is 3.44. The standard InChI is InChI=1S/C18H22N2O3/c21-17(13-8-9-13)20-12-16(18(22)19-10-4-1-5-11-19)23-15-7-3-2-6-14(15)20/h2-3,6-7,13,16H,1,4-5,8-12H2/t16-/m0/s1. The third-order valence-corrected chi connectivity index (χ3v) is 4.91. The molecule has 0 unspecified atom stereocenters. The molecule has 1 atom stereocenters. The molecule has 2 amide bonds. The molecule has 1 aliphatic carbocycles. The van der Waals surface area contributed by atoms with Gasteiger partial charge in [0.05, 0.1) is 12.2 Å². The SMILES string of the molecule is O=C([C@@H]1CN(C(=O)C2CC2)c2ccccc2O1)N1CCCCC1. The first kappa shape index (κ1) is 14.5. The lowest BCUT2D eigenvalue weighted by molar-refractivity contribution is -0.139. The number of carbonyl (C=O) groups excluding carboxylic acids is 2. The minimum Gasteiger partial charge on any atom is -0.476 e. The highest BCUT2D eigenvalue weighted by Crippen LogP contribution is 2.38. The predicted molar refractivity (Wildman–Crippen MR) is 86.4 cm³/mol. The summed E-state index contributed by atoms with van der Waals surface area (Å²) in [5.41, 5.74) is 0.798. The van der Waals surface area contributed by atoms with Crippen molar-refractivity contribution in [2.45, 2.75) is 38.2 Å². The third-order valence-electron chi connectivity index (χ3n) is 4.91. The van der Waals surface area contributed by atoms with Gasteiger partial charge in [-0.05, 0) is 44.2 Å². The molecular formula is C18H22N2O3. The molecule has 23 heavy (non-hydrogen) atoms. The number of amides is 2. The molecular weight excluding hydrogens is 292 g/mol. The summed E-state index contributed by atoms with van der Waals surface area (Å²) in [5, 5.41) is 0. The van der Waals surface area contributed by atoms with Crippen molar-refractivity contribution in [2.75, 3.05) is 24.5 Å². The molecule has 2 heterocycles. The fraction of sp³-hybridized carbons (Fsp3) is 0.556. The smallest absolute Gasteiger partial charge is 0.265 e. The van der Waals surface area contributed by atoms with Crippen LogP contribution in [0.5, 0.6) is 5.75 Å². The van der Waals surface area contributed by atoms with Crippen LogP contribution in [0.25, 0.3) is 0 Å². The molecule has 122 valence electrons. The van der Waals surface area contributed by atoms with Crippen LogP contribution in [-0.2, 0) is 9.59 Å². The molecule has 1 saturated heterocycles. The van der Waals surface area contributed by atoms with Crippen molar-refractivity contribution in [3.63, 3.8) is 0 Å². The third kappa shape index (κ3) is 2.80. The van der Waals surface area contributed by atoms with Crippen molar-refractivity contribution >= 4 is 17.5 Å². The summed E-state index contributed by atoms with van der Waals surface area (Å²) in [6.45, 7) is 1.94. The van der Waals surface area contributed by atoms with E-state index >= 15 is 0 Å². The van der Waals surface area contributed by atoms with Crippen LogP contribution in [-0.4, -0.2) is 42.5 Å². The first-order valence-electron chi connectivity index (χ1n) is 8.60. The van der Waals surface area contributed by atoms with Crippen molar-refractivity contribution in [3.8, 4) is 5.75 Å². The summed E-state index contributed by atoms with van der Waals surface area (Å²) in [6.07, 6.45) is 4.64. The quantitative estimate of drug-likeness (QED) is 0.841. The van der Waals surface area contributed by atoms with Crippen molar-refractivity contribution in [2.24, 2.45) is 5.92 Å². The van der Waals surface area contributed by atoms with Gasteiger partial charge in [-0.15, -0.1) is 0 Å². The van der Waals surface area contributed by atoms with Gasteiger partial charge in [-0.2, -0.15) is 0 Å². The maximum absolute atomic E-state index is 12.8. The molecule has 3 aliphatic rings. The minimum atomic E-state index is -0.578. The van der Waals surface area contributed by atoms with Crippen molar-refractivity contribution in [1.29, 1.82) is 0 Å². The zero-order chi connectivity index (χ0) is 15.8. The zero-order valence-electron chi connectivity index (χ0n) is 13.2. The zero-order valence-corrected chi connectivity index (χ0v) is 13.2. The van der Waals surface area contributed by atoms with Crippen LogP contribution in [0.15, 0.2) is 24.3 Å². The average Bonchev–Trinajstić information content (AvgIpc) is 3.45. The Balaban J connectivity index is 1.58. The second kappa shape index (κ2) is 5.87. The van der Waals surface area contributed by atoms with E-state index in [1.165, 1.54) is 6.42 Å². The van der Waals surface area contributed by atoms with Gasteiger partial charge in [0.15, 0.2) is 6.10 Å². The largest absolute Gasteiger partial charge is 0.476 e. The molecule has 0 aromatic heterocycles. The Morgan fingerprint density at radius 1 is 1.00 bits per heavy atom. The van der Waals surface area contributed by atoms with Crippen LogP contribution in [0.1, 0.15) is 32.1 Å². The van der Waals surface area contributed by atoms with Gasteiger partial charge in [-0.25, -0.2) is 0 Å². The maximum atomic E-state index is 12.8. The summed E-state index contributed by atoms with van der Waals surface area (Å²) >= 11 is 0. The summed E-state index contributed by atoms with van der Waals surface area (Å²) in [4.78, 5) is 29.1. The molecule has 1 saturated carbocycles. The molecule has 5 heteroatoms. The number of hydrogen-bond acceptors (Lipinski definition) is 3. The summed E-state index contributed by atoms with van der Waals surface area (Å²) in [7, 11) is 0. The molecule has 0 radical (unpaired) electrons. The number of para-hydroxylation sites is 2. The van der Waals surface area contributed by atoms with Gasteiger partial charge >= 0.3 is 0 Å². The Morgan fingerprint density at radius 3 is 2.48 bits per heavy atom. The van der Waals surface area contributed by atoms with E-state index in [4.69, 9.17) is 4.74 Å². The van der Waals surface area contributed by atoms with E-state index in [1.54, 1.807) is 4.90 Å². The fourth-order valence-electron chi connectivity index (χ4n) is 3.44. The molecule has 0 N–H and O–H groups in total. The number of piperidine rings is 1. The van der Waals surface area contributed by atoms with Crippen LogP contribution in [0.3, 0.4) is 0 Å². The topological polar surface area (TPSA) is 49.9 Å². The van der Waals surface area contributed by atoms with Crippen molar-refractivity contribution in [3.05, 3.63) is 24.3 Å². The first-order valence-corrected chi connectivity index (χ1v) is 8.60. The highest BCUT2D eigenvalue weighted by molar-refractivity contribution is 5.99. The molecule has 5 nitrogen and oxygen atoms in total. The van der Waals surface area contributed by atoms with E-state index in [0.29, 0.717) is 12.3 Å². The highest BCUT2D eigenvalue weighted by atomic mass is 16.5. The Morgan fingerprint density at radius 2 is 1.74 bits per heavy atom. The lowest BCUT2D eigenvalue weighted by Gasteiger charge is -2.37. The number of likely N-dealkylation sites (tertiary alicyclic amines) is 1. The van der Waals surface area contributed by atoms with Crippen LogP contribution >= 0.6 is 0 Å². The summed E-state index contributed by atoms with van der Waals surface area (Å²) in [5.74, 6) is 0.931. The van der Waals surface area contributed by atoms with Gasteiger partial charge in [-0.1, -0.05) is 12.1 Å². The van der Waals surface area contributed by atoms with Gasteiger partial charge < -0.3 is 14.5 Å². The number of fused-ring (bicyclic) bond motifs is 1. The molecule has 1 aromatic carbocycles. The van der Waals surface area contributed by atoms with Crippen LogP contribution in [0, 0.1) is 5.92 Å². The number of hydrogen-bond donors (Lipinski definition) is 0. The maximum Gasteiger partial charge on any atom is 0.265 e. The number of rotatable bonds is 2. The lowest BCUT2D eigenvalue weighted by Crippen LogP contribution is -2.53. The first-order chi connectivity index (χ1) is 11.2. The normalized spacial score (nSPS) is 23.9. The number of carbonyl (C=O) groups is 2. The number of benzene rings is 1. The number of anilines is 1. The van der Waals surface area contributed by atoms with Gasteiger partial charge in [0.2, 0.25) is 5.91 Å². The van der Waals surface area contributed by atoms with E-state index in [-0.39, 0.29) is 17.7 Å². The Labute approximate surface area is 136 Å². The monoisotopic (exact) mass is 314 g/mol. The van der Waals surface area contributed by atoms with E-state index in [9.17, 15) is 9.59 Å². The summed E-state index contributed by atoms with van der Waals surface area (Å²) in [6, 6.07) is 7.53. The molecule has 2 fully saturated rings.